The van der Waals surface area contributed by atoms with Crippen molar-refractivity contribution < 1.29 is 14.2 Å². The molecule has 0 spiro atoms. The van der Waals surface area contributed by atoms with E-state index in [4.69, 9.17) is 14.2 Å². The normalized spacial score (nSPS) is 10.8. The van der Waals surface area contributed by atoms with Crippen LogP contribution in [0.1, 0.15) is 17.5 Å². The Balaban J connectivity index is 2.22. The summed E-state index contributed by atoms with van der Waals surface area (Å²) in [5.41, 5.74) is 1.70. The first-order chi connectivity index (χ1) is 9.76. The Kier molecular flexibility index (Phi) is 5.52. The van der Waals surface area contributed by atoms with Gasteiger partial charge in [-0.15, -0.1) is 0 Å². The molecule has 1 aromatic heterocycles. The van der Waals surface area contributed by atoms with Gasteiger partial charge in [0.15, 0.2) is 5.75 Å². The Bertz CT molecular complexity index is 544. The van der Waals surface area contributed by atoms with E-state index in [0.29, 0.717) is 18.1 Å². The molecule has 0 aliphatic carbocycles. The standard InChI is InChI=1S/C15H16BrNO3/c1-18-15(19-2)13-14(12(16)8-9-17-13)20-10-11-6-4-3-5-7-11/h3-9,15H,10H2,1-2H3. The largest absolute Gasteiger partial charge is 0.486 e. The number of hydrogen-bond acceptors (Lipinski definition) is 4. The first-order valence-electron chi connectivity index (χ1n) is 6.13. The molecule has 0 aliphatic rings. The number of pyridine rings is 1. The third-order valence-corrected chi connectivity index (χ3v) is 3.39. The second kappa shape index (κ2) is 7.38. The lowest BCUT2D eigenvalue weighted by atomic mass is 10.2. The van der Waals surface area contributed by atoms with Gasteiger partial charge in [0.05, 0.1) is 4.47 Å². The number of hydrogen-bond donors (Lipinski definition) is 0. The topological polar surface area (TPSA) is 40.6 Å². The van der Waals surface area contributed by atoms with E-state index < -0.39 is 6.29 Å². The molecule has 0 aliphatic heterocycles. The van der Waals surface area contributed by atoms with Gasteiger partial charge in [-0.2, -0.15) is 0 Å². The van der Waals surface area contributed by atoms with E-state index in [0.717, 1.165) is 10.0 Å². The third kappa shape index (κ3) is 3.56. The quantitative estimate of drug-likeness (QED) is 0.753. The minimum Gasteiger partial charge on any atom is -0.486 e. The SMILES string of the molecule is COC(OC)c1nccc(Br)c1OCc1ccccc1. The average Bonchev–Trinajstić information content (AvgIpc) is 2.49. The molecule has 20 heavy (non-hydrogen) atoms. The van der Waals surface area contributed by atoms with Crippen LogP contribution in [0.3, 0.4) is 0 Å². The predicted molar refractivity (Wildman–Crippen MR) is 79.5 cm³/mol. The van der Waals surface area contributed by atoms with Crippen molar-refractivity contribution >= 4 is 15.9 Å². The van der Waals surface area contributed by atoms with Crippen molar-refractivity contribution in [2.24, 2.45) is 0 Å². The maximum Gasteiger partial charge on any atom is 0.204 e. The van der Waals surface area contributed by atoms with Gasteiger partial charge in [-0.05, 0) is 27.6 Å². The van der Waals surface area contributed by atoms with Gasteiger partial charge in [0.2, 0.25) is 6.29 Å². The molecule has 0 radical (unpaired) electrons. The zero-order chi connectivity index (χ0) is 14.4. The molecule has 0 atom stereocenters. The lowest BCUT2D eigenvalue weighted by Crippen LogP contribution is -2.09. The number of benzene rings is 1. The predicted octanol–water partition coefficient (Wildman–Crippen LogP) is 3.71. The van der Waals surface area contributed by atoms with Crippen LogP contribution < -0.4 is 4.74 Å². The molecule has 5 heteroatoms. The van der Waals surface area contributed by atoms with E-state index in [9.17, 15) is 0 Å². The zero-order valence-electron chi connectivity index (χ0n) is 11.4. The number of methoxy groups -OCH3 is 2. The lowest BCUT2D eigenvalue weighted by molar-refractivity contribution is -0.110. The fraction of sp³-hybridized carbons (Fsp3) is 0.267. The van der Waals surface area contributed by atoms with Crippen molar-refractivity contribution in [3.63, 3.8) is 0 Å². The molecule has 0 amide bonds. The van der Waals surface area contributed by atoms with Gasteiger partial charge in [0.1, 0.15) is 12.3 Å². The highest BCUT2D eigenvalue weighted by molar-refractivity contribution is 9.10. The van der Waals surface area contributed by atoms with Crippen LogP contribution in [0.25, 0.3) is 0 Å². The average molecular weight is 338 g/mol. The first kappa shape index (κ1) is 15.0. The Morgan fingerprint density at radius 1 is 1.10 bits per heavy atom. The highest BCUT2D eigenvalue weighted by Gasteiger charge is 2.19. The zero-order valence-corrected chi connectivity index (χ0v) is 13.0. The van der Waals surface area contributed by atoms with E-state index >= 15 is 0 Å². The summed E-state index contributed by atoms with van der Waals surface area (Å²) in [6, 6.07) is 11.8. The van der Waals surface area contributed by atoms with Gasteiger partial charge < -0.3 is 14.2 Å². The monoisotopic (exact) mass is 337 g/mol. The van der Waals surface area contributed by atoms with Crippen LogP contribution in [0.5, 0.6) is 5.75 Å². The van der Waals surface area contributed by atoms with Crippen LogP contribution >= 0.6 is 15.9 Å². The number of ether oxygens (including phenoxy) is 3. The molecule has 0 saturated heterocycles. The summed E-state index contributed by atoms with van der Waals surface area (Å²) in [5.74, 6) is 0.630. The molecule has 0 N–H and O–H groups in total. The summed E-state index contributed by atoms with van der Waals surface area (Å²) in [4.78, 5) is 4.29. The van der Waals surface area contributed by atoms with Crippen molar-refractivity contribution in [2.75, 3.05) is 14.2 Å². The van der Waals surface area contributed by atoms with E-state index in [2.05, 4.69) is 20.9 Å². The van der Waals surface area contributed by atoms with E-state index in [1.54, 1.807) is 20.4 Å². The number of aromatic nitrogens is 1. The Morgan fingerprint density at radius 2 is 1.80 bits per heavy atom. The molecule has 0 bridgehead atoms. The van der Waals surface area contributed by atoms with Crippen molar-refractivity contribution in [1.82, 2.24) is 4.98 Å². The second-order valence-corrected chi connectivity index (χ2v) is 4.94. The first-order valence-corrected chi connectivity index (χ1v) is 6.92. The third-order valence-electron chi connectivity index (χ3n) is 2.76. The van der Waals surface area contributed by atoms with Gasteiger partial charge >= 0.3 is 0 Å². The smallest absolute Gasteiger partial charge is 0.204 e. The van der Waals surface area contributed by atoms with E-state index in [1.807, 2.05) is 36.4 Å². The number of halogens is 1. The van der Waals surface area contributed by atoms with Crippen LogP contribution in [0.15, 0.2) is 47.1 Å². The summed E-state index contributed by atoms with van der Waals surface area (Å²) < 4.78 is 17.2. The summed E-state index contributed by atoms with van der Waals surface area (Å²) in [6.07, 6.45) is 1.12. The molecule has 1 aromatic carbocycles. The highest BCUT2D eigenvalue weighted by Crippen LogP contribution is 2.33. The van der Waals surface area contributed by atoms with Crippen LogP contribution in [-0.2, 0) is 16.1 Å². The minimum atomic E-state index is -0.557. The van der Waals surface area contributed by atoms with Crippen LogP contribution in [0.4, 0.5) is 0 Å². The summed E-state index contributed by atoms with van der Waals surface area (Å²) in [5, 5.41) is 0. The van der Waals surface area contributed by atoms with E-state index in [-0.39, 0.29) is 0 Å². The summed E-state index contributed by atoms with van der Waals surface area (Å²) in [6.45, 7) is 0.457. The molecular formula is C15H16BrNO3. The Labute approximate surface area is 126 Å². The molecule has 2 rings (SSSR count). The van der Waals surface area contributed by atoms with Gasteiger partial charge in [0, 0.05) is 20.4 Å². The number of rotatable bonds is 6. The molecule has 2 aromatic rings. The van der Waals surface area contributed by atoms with Gasteiger partial charge in [0.25, 0.3) is 0 Å². The van der Waals surface area contributed by atoms with Gasteiger partial charge in [-0.25, -0.2) is 0 Å². The fourth-order valence-electron chi connectivity index (χ4n) is 1.80. The lowest BCUT2D eigenvalue weighted by Gasteiger charge is -2.18. The maximum absolute atomic E-state index is 5.87. The maximum atomic E-state index is 5.87. The molecule has 0 unspecified atom stereocenters. The van der Waals surface area contributed by atoms with Crippen molar-refractivity contribution in [3.8, 4) is 5.75 Å². The van der Waals surface area contributed by atoms with E-state index in [1.165, 1.54) is 0 Å². The molecule has 106 valence electrons. The molecule has 4 nitrogen and oxygen atoms in total. The van der Waals surface area contributed by atoms with Crippen LogP contribution in [0.2, 0.25) is 0 Å². The van der Waals surface area contributed by atoms with Gasteiger partial charge in [-0.1, -0.05) is 30.3 Å². The minimum absolute atomic E-state index is 0.457. The van der Waals surface area contributed by atoms with Crippen molar-refractivity contribution in [2.45, 2.75) is 12.9 Å². The second-order valence-electron chi connectivity index (χ2n) is 4.08. The van der Waals surface area contributed by atoms with Crippen molar-refractivity contribution in [1.29, 1.82) is 0 Å². The van der Waals surface area contributed by atoms with Crippen LogP contribution in [0, 0.1) is 0 Å². The molecule has 1 heterocycles. The fourth-order valence-corrected chi connectivity index (χ4v) is 2.24. The summed E-state index contributed by atoms with van der Waals surface area (Å²) in [7, 11) is 3.13. The Hall–Kier alpha value is -1.43. The Morgan fingerprint density at radius 3 is 2.45 bits per heavy atom. The molecule has 0 fully saturated rings. The molecule has 0 saturated carbocycles. The van der Waals surface area contributed by atoms with Crippen LogP contribution in [-0.4, -0.2) is 19.2 Å². The molecular weight excluding hydrogens is 322 g/mol. The van der Waals surface area contributed by atoms with Gasteiger partial charge in [-0.3, -0.25) is 4.98 Å². The highest BCUT2D eigenvalue weighted by atomic mass is 79.9. The number of nitrogens with zero attached hydrogens (tertiary/aromatic N) is 1. The van der Waals surface area contributed by atoms with Crippen molar-refractivity contribution in [3.05, 3.63) is 58.3 Å². The summed E-state index contributed by atoms with van der Waals surface area (Å²) >= 11 is 3.47.